The van der Waals surface area contributed by atoms with E-state index in [1.54, 1.807) is 0 Å². The molecular weight excluding hydrogens is 306 g/mol. The second-order valence-electron chi connectivity index (χ2n) is 4.16. The lowest BCUT2D eigenvalue weighted by molar-refractivity contribution is -0.386. The molecule has 0 aromatic heterocycles. The van der Waals surface area contributed by atoms with Crippen molar-refractivity contribution in [2.45, 2.75) is 17.1 Å². The molecule has 2 unspecified atom stereocenters. The molecule has 116 valence electrons. The van der Waals surface area contributed by atoms with Crippen molar-refractivity contribution in [2.24, 2.45) is 0 Å². The molecule has 2 N–H and O–H groups in total. The number of hydrogen-bond donors (Lipinski definition) is 2. The number of nitrogens with zero attached hydrogens (tertiary/aromatic N) is 1. The van der Waals surface area contributed by atoms with E-state index in [9.17, 15) is 33.5 Å². The van der Waals surface area contributed by atoms with Gasteiger partial charge in [-0.1, -0.05) is 0 Å². The summed E-state index contributed by atoms with van der Waals surface area (Å²) in [6.07, 6.45) is -3.09. The monoisotopic (exact) mass is 319 g/mol. The predicted molar refractivity (Wildman–Crippen MR) is 69.2 cm³/mol. The summed E-state index contributed by atoms with van der Waals surface area (Å²) in [6.45, 7) is 0. The number of sulfone groups is 1. The van der Waals surface area contributed by atoms with Crippen molar-refractivity contribution in [1.29, 1.82) is 0 Å². The number of methoxy groups -OCH3 is 1. The number of rotatable bonds is 5. The van der Waals surface area contributed by atoms with Gasteiger partial charge in [0.05, 0.1) is 22.5 Å². The second kappa shape index (κ2) is 6.16. The van der Waals surface area contributed by atoms with Crippen molar-refractivity contribution in [1.82, 2.24) is 0 Å². The number of aliphatic hydroxyl groups is 2. The zero-order valence-corrected chi connectivity index (χ0v) is 11.9. The van der Waals surface area contributed by atoms with Crippen molar-refractivity contribution < 1.29 is 33.1 Å². The van der Waals surface area contributed by atoms with Crippen LogP contribution < -0.4 is 0 Å². The first-order valence-electron chi connectivity index (χ1n) is 5.52. The Balaban J connectivity index is 3.37. The Kier molecular flexibility index (Phi) is 4.99. The predicted octanol–water partition coefficient (Wildman–Crippen LogP) is -0.434. The highest BCUT2D eigenvalue weighted by Gasteiger charge is 2.32. The van der Waals surface area contributed by atoms with Gasteiger partial charge in [0.15, 0.2) is 15.9 Å². The van der Waals surface area contributed by atoms with Crippen LogP contribution in [0.1, 0.15) is 11.7 Å². The lowest BCUT2D eigenvalue weighted by Crippen LogP contribution is -2.29. The van der Waals surface area contributed by atoms with Crippen LogP contribution in [0.5, 0.6) is 0 Å². The number of nitro groups is 1. The van der Waals surface area contributed by atoms with Crippen LogP contribution in [-0.4, -0.2) is 49.0 Å². The van der Waals surface area contributed by atoms with Gasteiger partial charge in [0.1, 0.15) is 6.10 Å². The molecule has 0 saturated carbocycles. The summed E-state index contributed by atoms with van der Waals surface area (Å²) in [6, 6.07) is 2.74. The minimum Gasteiger partial charge on any atom is -0.467 e. The maximum absolute atomic E-state index is 11.4. The third kappa shape index (κ3) is 3.74. The zero-order chi connectivity index (χ0) is 16.4. The van der Waals surface area contributed by atoms with Crippen LogP contribution >= 0.6 is 0 Å². The van der Waals surface area contributed by atoms with Crippen LogP contribution in [0.3, 0.4) is 0 Å². The fourth-order valence-corrected chi connectivity index (χ4v) is 2.22. The lowest BCUT2D eigenvalue weighted by Gasteiger charge is -2.16. The van der Waals surface area contributed by atoms with E-state index in [0.29, 0.717) is 0 Å². The summed E-state index contributed by atoms with van der Waals surface area (Å²) in [5.41, 5.74) is -1.13. The van der Waals surface area contributed by atoms with Crippen molar-refractivity contribution in [3.63, 3.8) is 0 Å². The first-order chi connectivity index (χ1) is 9.59. The van der Waals surface area contributed by atoms with Crippen molar-refractivity contribution in [2.75, 3.05) is 13.4 Å². The Labute approximate surface area is 119 Å². The van der Waals surface area contributed by atoms with Gasteiger partial charge in [-0.25, -0.2) is 13.2 Å². The smallest absolute Gasteiger partial charge is 0.337 e. The molecule has 0 radical (unpaired) electrons. The largest absolute Gasteiger partial charge is 0.467 e. The number of esters is 1. The zero-order valence-electron chi connectivity index (χ0n) is 11.1. The molecule has 0 heterocycles. The molecule has 0 bridgehead atoms. The van der Waals surface area contributed by atoms with Gasteiger partial charge in [-0.2, -0.15) is 0 Å². The highest BCUT2D eigenvalue weighted by Crippen LogP contribution is 2.30. The SMILES string of the molecule is COC(=O)C(O)C(O)c1ccc(S(C)(=O)=O)cc1[N+](=O)[O-]. The summed E-state index contributed by atoms with van der Waals surface area (Å²) >= 11 is 0. The molecule has 1 aromatic rings. The van der Waals surface area contributed by atoms with Gasteiger partial charge in [0, 0.05) is 12.3 Å². The van der Waals surface area contributed by atoms with Gasteiger partial charge in [-0.3, -0.25) is 10.1 Å². The molecule has 1 aromatic carbocycles. The molecule has 0 spiro atoms. The first kappa shape index (κ1) is 17.0. The normalized spacial score (nSPS) is 14.3. The van der Waals surface area contributed by atoms with Crippen molar-refractivity contribution in [3.8, 4) is 0 Å². The van der Waals surface area contributed by atoms with Gasteiger partial charge in [-0.15, -0.1) is 0 Å². The molecule has 0 fully saturated rings. The first-order valence-corrected chi connectivity index (χ1v) is 7.41. The highest BCUT2D eigenvalue weighted by molar-refractivity contribution is 7.90. The van der Waals surface area contributed by atoms with Crippen LogP contribution in [0.15, 0.2) is 23.1 Å². The number of aliphatic hydroxyl groups excluding tert-OH is 2. The van der Waals surface area contributed by atoms with E-state index < -0.39 is 44.2 Å². The quantitative estimate of drug-likeness (QED) is 0.422. The van der Waals surface area contributed by atoms with E-state index in [-0.39, 0.29) is 4.90 Å². The maximum Gasteiger partial charge on any atom is 0.337 e. The van der Waals surface area contributed by atoms with Crippen LogP contribution in [-0.2, 0) is 19.4 Å². The highest BCUT2D eigenvalue weighted by atomic mass is 32.2. The van der Waals surface area contributed by atoms with Gasteiger partial charge < -0.3 is 14.9 Å². The van der Waals surface area contributed by atoms with E-state index in [1.807, 2.05) is 0 Å². The number of nitro benzene ring substituents is 1. The lowest BCUT2D eigenvalue weighted by atomic mass is 10.0. The van der Waals surface area contributed by atoms with Gasteiger partial charge in [0.2, 0.25) is 0 Å². The minimum atomic E-state index is -3.68. The molecule has 21 heavy (non-hydrogen) atoms. The Bertz CT molecular complexity index is 669. The fourth-order valence-electron chi connectivity index (χ4n) is 1.58. The van der Waals surface area contributed by atoms with Crippen LogP contribution in [0.2, 0.25) is 0 Å². The van der Waals surface area contributed by atoms with Gasteiger partial charge in [-0.05, 0) is 12.1 Å². The van der Waals surface area contributed by atoms with Crippen LogP contribution in [0.25, 0.3) is 0 Å². The number of benzene rings is 1. The van der Waals surface area contributed by atoms with E-state index in [1.165, 1.54) is 0 Å². The summed E-state index contributed by atoms with van der Waals surface area (Å²) in [5, 5.41) is 30.3. The summed E-state index contributed by atoms with van der Waals surface area (Å²) in [7, 11) is -2.71. The summed E-state index contributed by atoms with van der Waals surface area (Å²) in [4.78, 5) is 20.9. The van der Waals surface area contributed by atoms with Crippen molar-refractivity contribution in [3.05, 3.63) is 33.9 Å². The van der Waals surface area contributed by atoms with E-state index in [0.717, 1.165) is 31.6 Å². The van der Waals surface area contributed by atoms with Crippen molar-refractivity contribution >= 4 is 21.5 Å². The topological polar surface area (TPSA) is 144 Å². The molecule has 0 saturated heterocycles. The van der Waals surface area contributed by atoms with E-state index >= 15 is 0 Å². The molecule has 10 heteroatoms. The molecular formula is C11H13NO8S. The van der Waals surface area contributed by atoms with E-state index in [2.05, 4.69) is 4.74 Å². The van der Waals surface area contributed by atoms with Crippen LogP contribution in [0, 0.1) is 10.1 Å². The molecule has 2 atom stereocenters. The Hall–Kier alpha value is -2.04. The number of carbonyl (C=O) groups excluding carboxylic acids is 1. The average molecular weight is 319 g/mol. The Morgan fingerprint density at radius 2 is 1.95 bits per heavy atom. The standard InChI is InChI=1S/C11H13NO8S/c1-20-11(15)10(14)9(13)7-4-3-6(21(2,18)19)5-8(7)12(16)17/h3-5,9-10,13-14H,1-2H3. The molecule has 0 amide bonds. The third-order valence-electron chi connectivity index (χ3n) is 2.69. The fraction of sp³-hybridized carbons (Fsp3) is 0.364. The minimum absolute atomic E-state index is 0.322. The number of ether oxygens (including phenoxy) is 1. The van der Waals surface area contributed by atoms with Gasteiger partial charge >= 0.3 is 5.97 Å². The molecule has 0 aliphatic heterocycles. The average Bonchev–Trinajstić information content (AvgIpc) is 2.43. The maximum atomic E-state index is 11.4. The number of carbonyl (C=O) groups is 1. The molecule has 9 nitrogen and oxygen atoms in total. The summed E-state index contributed by atoms with van der Waals surface area (Å²) in [5.74, 6) is -1.18. The Morgan fingerprint density at radius 1 is 1.38 bits per heavy atom. The summed E-state index contributed by atoms with van der Waals surface area (Å²) < 4.78 is 27.0. The molecule has 0 aliphatic carbocycles. The molecule has 0 aliphatic rings. The van der Waals surface area contributed by atoms with Crippen LogP contribution in [0.4, 0.5) is 5.69 Å². The third-order valence-corrected chi connectivity index (χ3v) is 3.80. The number of hydrogen-bond acceptors (Lipinski definition) is 8. The second-order valence-corrected chi connectivity index (χ2v) is 6.18. The van der Waals surface area contributed by atoms with E-state index in [4.69, 9.17) is 0 Å². The van der Waals surface area contributed by atoms with Gasteiger partial charge in [0.25, 0.3) is 5.69 Å². The molecule has 1 rings (SSSR count). The Morgan fingerprint density at radius 3 is 2.38 bits per heavy atom.